The predicted octanol–water partition coefficient (Wildman–Crippen LogP) is 5.64. The van der Waals surface area contributed by atoms with Crippen molar-refractivity contribution in [1.82, 2.24) is 4.98 Å². The summed E-state index contributed by atoms with van der Waals surface area (Å²) in [4.78, 5) is 21.3. The molecule has 31 heavy (non-hydrogen) atoms. The molecule has 1 aliphatic heterocycles. The number of thiazole rings is 1. The first-order chi connectivity index (χ1) is 15.2. The van der Waals surface area contributed by atoms with E-state index in [0.717, 1.165) is 15.8 Å². The van der Waals surface area contributed by atoms with E-state index in [1.54, 1.807) is 34.9 Å². The first-order valence-electron chi connectivity index (χ1n) is 9.91. The van der Waals surface area contributed by atoms with E-state index in [2.05, 4.69) is 18.4 Å². The van der Waals surface area contributed by atoms with Crippen LogP contribution in [0.4, 0.5) is 5.13 Å². The SMILES string of the molecule is CSc1ccc2nc(N(Cc3ccccc3)C(=O)c3ccc4c(c3)OCCO4)sc2c1. The smallest absolute Gasteiger partial charge is 0.260 e. The monoisotopic (exact) mass is 448 g/mol. The maximum absolute atomic E-state index is 13.6. The number of anilines is 1. The van der Waals surface area contributed by atoms with Crippen LogP contribution in [0.15, 0.2) is 71.6 Å². The van der Waals surface area contributed by atoms with Crippen molar-refractivity contribution in [2.24, 2.45) is 0 Å². The molecule has 3 aromatic carbocycles. The number of hydrogen-bond acceptors (Lipinski definition) is 6. The van der Waals surface area contributed by atoms with Gasteiger partial charge in [-0.25, -0.2) is 4.98 Å². The molecule has 0 spiro atoms. The van der Waals surface area contributed by atoms with Crippen LogP contribution in [-0.4, -0.2) is 30.4 Å². The number of amides is 1. The summed E-state index contributed by atoms with van der Waals surface area (Å²) in [5.41, 5.74) is 2.48. The summed E-state index contributed by atoms with van der Waals surface area (Å²) in [6.45, 7) is 1.43. The van der Waals surface area contributed by atoms with E-state index in [1.807, 2.05) is 36.4 Å². The Bertz CT molecular complexity index is 1240. The highest BCUT2D eigenvalue weighted by molar-refractivity contribution is 7.98. The number of ether oxygens (including phenoxy) is 2. The minimum Gasteiger partial charge on any atom is -0.486 e. The average molecular weight is 449 g/mol. The number of rotatable bonds is 5. The Kier molecular flexibility index (Phi) is 5.53. The summed E-state index contributed by atoms with van der Waals surface area (Å²) in [7, 11) is 0. The van der Waals surface area contributed by atoms with Gasteiger partial charge in [0.1, 0.15) is 13.2 Å². The predicted molar refractivity (Wildman–Crippen MR) is 126 cm³/mol. The van der Waals surface area contributed by atoms with Crippen molar-refractivity contribution in [2.75, 3.05) is 24.4 Å². The third kappa shape index (κ3) is 4.11. The summed E-state index contributed by atoms with van der Waals surface area (Å²) in [6.07, 6.45) is 2.05. The van der Waals surface area contributed by atoms with Crippen molar-refractivity contribution in [3.05, 3.63) is 77.9 Å². The van der Waals surface area contributed by atoms with Gasteiger partial charge in [0.05, 0.1) is 16.8 Å². The molecule has 2 heterocycles. The van der Waals surface area contributed by atoms with E-state index >= 15 is 0 Å². The average Bonchev–Trinajstić information content (AvgIpc) is 3.25. The van der Waals surface area contributed by atoms with E-state index < -0.39 is 0 Å². The number of nitrogens with zero attached hydrogens (tertiary/aromatic N) is 2. The lowest BCUT2D eigenvalue weighted by Gasteiger charge is -2.22. The number of carbonyl (C=O) groups is 1. The van der Waals surface area contributed by atoms with Crippen LogP contribution in [0.5, 0.6) is 11.5 Å². The van der Waals surface area contributed by atoms with E-state index in [0.29, 0.717) is 42.0 Å². The second kappa shape index (κ2) is 8.61. The van der Waals surface area contributed by atoms with E-state index in [1.165, 1.54) is 16.2 Å². The third-order valence-electron chi connectivity index (χ3n) is 5.03. The number of carbonyl (C=O) groups excluding carboxylic acids is 1. The number of thioether (sulfide) groups is 1. The van der Waals surface area contributed by atoms with Gasteiger partial charge in [0.25, 0.3) is 5.91 Å². The minimum atomic E-state index is -0.120. The first-order valence-corrected chi connectivity index (χ1v) is 12.0. The lowest BCUT2D eigenvalue weighted by Crippen LogP contribution is -2.30. The summed E-state index contributed by atoms with van der Waals surface area (Å²) in [5, 5.41) is 0.678. The van der Waals surface area contributed by atoms with Crippen molar-refractivity contribution in [1.29, 1.82) is 0 Å². The van der Waals surface area contributed by atoms with Gasteiger partial charge < -0.3 is 9.47 Å². The molecule has 0 saturated heterocycles. The van der Waals surface area contributed by atoms with Crippen LogP contribution in [0, 0.1) is 0 Å². The molecule has 5 nitrogen and oxygen atoms in total. The molecule has 0 bridgehead atoms. The van der Waals surface area contributed by atoms with Crippen molar-refractivity contribution >= 4 is 44.4 Å². The van der Waals surface area contributed by atoms with Gasteiger partial charge in [-0.15, -0.1) is 11.8 Å². The van der Waals surface area contributed by atoms with Crippen molar-refractivity contribution in [2.45, 2.75) is 11.4 Å². The zero-order chi connectivity index (χ0) is 21.2. The molecule has 156 valence electrons. The lowest BCUT2D eigenvalue weighted by molar-refractivity contribution is 0.0984. The van der Waals surface area contributed by atoms with Gasteiger partial charge in [-0.1, -0.05) is 41.7 Å². The largest absolute Gasteiger partial charge is 0.486 e. The highest BCUT2D eigenvalue weighted by atomic mass is 32.2. The zero-order valence-electron chi connectivity index (χ0n) is 16.9. The van der Waals surface area contributed by atoms with Crippen LogP contribution in [0.3, 0.4) is 0 Å². The lowest BCUT2D eigenvalue weighted by atomic mass is 10.1. The summed E-state index contributed by atoms with van der Waals surface area (Å²) < 4.78 is 12.3. The molecule has 0 radical (unpaired) electrons. The molecule has 0 unspecified atom stereocenters. The van der Waals surface area contributed by atoms with Crippen LogP contribution < -0.4 is 14.4 Å². The Morgan fingerprint density at radius 1 is 1.03 bits per heavy atom. The Labute approximate surface area is 188 Å². The van der Waals surface area contributed by atoms with Gasteiger partial charge in [0.15, 0.2) is 16.6 Å². The fourth-order valence-electron chi connectivity index (χ4n) is 3.46. The minimum absolute atomic E-state index is 0.120. The number of hydrogen-bond donors (Lipinski definition) is 0. The molecule has 0 saturated carbocycles. The second-order valence-electron chi connectivity index (χ2n) is 7.07. The number of aromatic nitrogens is 1. The molecule has 0 N–H and O–H groups in total. The van der Waals surface area contributed by atoms with Crippen LogP contribution in [0.25, 0.3) is 10.2 Å². The van der Waals surface area contributed by atoms with Crippen LogP contribution in [-0.2, 0) is 6.54 Å². The fourth-order valence-corrected chi connectivity index (χ4v) is 4.98. The molecule has 5 rings (SSSR count). The molecular weight excluding hydrogens is 428 g/mol. The normalized spacial score (nSPS) is 12.7. The summed E-state index contributed by atoms with van der Waals surface area (Å²) in [5.74, 6) is 1.15. The van der Waals surface area contributed by atoms with E-state index in [9.17, 15) is 4.79 Å². The molecule has 0 aliphatic carbocycles. The fraction of sp³-hybridized carbons (Fsp3) is 0.167. The van der Waals surface area contributed by atoms with Gasteiger partial charge in [-0.05, 0) is 48.2 Å². The molecule has 1 aliphatic rings. The van der Waals surface area contributed by atoms with Gasteiger partial charge in [0, 0.05) is 10.5 Å². The summed E-state index contributed by atoms with van der Waals surface area (Å²) >= 11 is 3.22. The van der Waals surface area contributed by atoms with Crippen molar-refractivity contribution < 1.29 is 14.3 Å². The molecule has 7 heteroatoms. The van der Waals surface area contributed by atoms with Gasteiger partial charge in [-0.2, -0.15) is 0 Å². The van der Waals surface area contributed by atoms with Gasteiger partial charge in [-0.3, -0.25) is 9.69 Å². The highest BCUT2D eigenvalue weighted by Crippen LogP contribution is 2.35. The van der Waals surface area contributed by atoms with Gasteiger partial charge >= 0.3 is 0 Å². The molecule has 0 fully saturated rings. The molecule has 1 aromatic heterocycles. The quantitative estimate of drug-likeness (QED) is 0.370. The second-order valence-corrected chi connectivity index (χ2v) is 8.95. The molecule has 1 amide bonds. The Morgan fingerprint density at radius 2 is 1.84 bits per heavy atom. The van der Waals surface area contributed by atoms with Crippen LogP contribution in [0.2, 0.25) is 0 Å². The standard InChI is InChI=1S/C24H20N2O3S2/c1-30-18-8-9-19-22(14-18)31-24(25-19)26(15-16-5-3-2-4-6-16)23(27)17-7-10-20-21(13-17)29-12-11-28-20/h2-10,13-14H,11-12,15H2,1H3. The number of fused-ring (bicyclic) bond motifs is 2. The Morgan fingerprint density at radius 3 is 2.65 bits per heavy atom. The topological polar surface area (TPSA) is 51.7 Å². The van der Waals surface area contributed by atoms with E-state index in [4.69, 9.17) is 14.5 Å². The van der Waals surface area contributed by atoms with Crippen molar-refractivity contribution in [3.8, 4) is 11.5 Å². The maximum atomic E-state index is 13.6. The first kappa shape index (κ1) is 19.9. The van der Waals surface area contributed by atoms with Gasteiger partial charge in [0.2, 0.25) is 0 Å². The molecule has 0 atom stereocenters. The zero-order valence-corrected chi connectivity index (χ0v) is 18.5. The third-order valence-corrected chi connectivity index (χ3v) is 6.80. The summed E-state index contributed by atoms with van der Waals surface area (Å²) in [6, 6.07) is 21.5. The van der Waals surface area contributed by atoms with E-state index in [-0.39, 0.29) is 5.91 Å². The number of benzene rings is 3. The Hall–Kier alpha value is -3.03. The molecule has 4 aromatic rings. The van der Waals surface area contributed by atoms with Crippen LogP contribution >= 0.6 is 23.1 Å². The van der Waals surface area contributed by atoms with Crippen molar-refractivity contribution in [3.63, 3.8) is 0 Å². The van der Waals surface area contributed by atoms with Crippen LogP contribution in [0.1, 0.15) is 15.9 Å². The maximum Gasteiger partial charge on any atom is 0.260 e. The molecular formula is C24H20N2O3S2. The highest BCUT2D eigenvalue weighted by Gasteiger charge is 2.24. The Balaban J connectivity index is 1.54.